The van der Waals surface area contributed by atoms with E-state index in [4.69, 9.17) is 12.2 Å². The van der Waals surface area contributed by atoms with E-state index in [0.29, 0.717) is 11.7 Å². The van der Waals surface area contributed by atoms with E-state index >= 15 is 0 Å². The number of rotatable bonds is 3. The molecule has 2 aromatic carbocycles. The third-order valence-corrected chi connectivity index (χ3v) is 3.72. The lowest BCUT2D eigenvalue weighted by Crippen LogP contribution is -2.30. The van der Waals surface area contributed by atoms with E-state index in [1.54, 1.807) is 12.1 Å². The normalized spacial score (nSPS) is 10.2. The van der Waals surface area contributed by atoms with Crippen LogP contribution in [0.5, 0.6) is 0 Å². The summed E-state index contributed by atoms with van der Waals surface area (Å²) in [5, 5.41) is 3.68. The Kier molecular flexibility index (Phi) is 5.09. The number of halogens is 2. The first kappa shape index (κ1) is 14.9. The third kappa shape index (κ3) is 4.28. The maximum Gasteiger partial charge on any atom is 0.173 e. The van der Waals surface area contributed by atoms with Crippen LogP contribution in [-0.4, -0.2) is 17.1 Å². The highest BCUT2D eigenvalue weighted by atomic mass is 79.9. The predicted molar refractivity (Wildman–Crippen MR) is 88.2 cm³/mol. The summed E-state index contributed by atoms with van der Waals surface area (Å²) in [6.07, 6.45) is 0. The second kappa shape index (κ2) is 6.81. The van der Waals surface area contributed by atoms with E-state index in [0.717, 1.165) is 10.2 Å². The quantitative estimate of drug-likeness (QED) is 0.823. The van der Waals surface area contributed by atoms with Crippen molar-refractivity contribution in [3.8, 4) is 0 Å². The largest absolute Gasteiger partial charge is 0.348 e. The third-order valence-electron chi connectivity index (χ3n) is 2.78. The fourth-order valence-electron chi connectivity index (χ4n) is 1.69. The first-order chi connectivity index (χ1) is 9.54. The minimum Gasteiger partial charge on any atom is -0.348 e. The highest BCUT2D eigenvalue weighted by Gasteiger charge is 2.05. The monoisotopic (exact) mass is 352 g/mol. The van der Waals surface area contributed by atoms with Crippen LogP contribution in [0.4, 0.5) is 10.1 Å². The van der Waals surface area contributed by atoms with Crippen molar-refractivity contribution < 1.29 is 4.39 Å². The number of anilines is 1. The topological polar surface area (TPSA) is 15.3 Å². The van der Waals surface area contributed by atoms with Crippen molar-refractivity contribution in [2.75, 3.05) is 12.4 Å². The maximum atomic E-state index is 12.8. The van der Waals surface area contributed by atoms with E-state index in [9.17, 15) is 4.39 Å². The van der Waals surface area contributed by atoms with Crippen LogP contribution in [0.1, 0.15) is 5.56 Å². The van der Waals surface area contributed by atoms with Crippen LogP contribution in [0, 0.1) is 5.82 Å². The first-order valence-electron chi connectivity index (χ1n) is 6.07. The van der Waals surface area contributed by atoms with Gasteiger partial charge >= 0.3 is 0 Å². The number of thiocarbonyl (C=S) groups is 1. The predicted octanol–water partition coefficient (Wildman–Crippen LogP) is 4.42. The van der Waals surface area contributed by atoms with Gasteiger partial charge in [0.15, 0.2) is 5.11 Å². The zero-order valence-electron chi connectivity index (χ0n) is 10.9. The molecule has 0 heterocycles. The summed E-state index contributed by atoms with van der Waals surface area (Å²) >= 11 is 8.74. The van der Waals surface area contributed by atoms with E-state index < -0.39 is 0 Å². The van der Waals surface area contributed by atoms with Gasteiger partial charge in [-0.25, -0.2) is 4.39 Å². The van der Waals surface area contributed by atoms with Gasteiger partial charge in [0.2, 0.25) is 0 Å². The van der Waals surface area contributed by atoms with Crippen LogP contribution in [0.2, 0.25) is 0 Å². The van der Waals surface area contributed by atoms with Gasteiger partial charge in [-0.15, -0.1) is 0 Å². The zero-order chi connectivity index (χ0) is 14.5. The van der Waals surface area contributed by atoms with Gasteiger partial charge in [0.25, 0.3) is 0 Å². The molecule has 2 aromatic rings. The molecule has 0 bridgehead atoms. The Morgan fingerprint density at radius 2 is 1.75 bits per heavy atom. The van der Waals surface area contributed by atoms with E-state index in [1.807, 2.05) is 36.2 Å². The van der Waals surface area contributed by atoms with Crippen molar-refractivity contribution in [2.24, 2.45) is 0 Å². The fourth-order valence-corrected chi connectivity index (χ4v) is 2.13. The lowest BCUT2D eigenvalue weighted by atomic mass is 10.2. The van der Waals surface area contributed by atoms with Crippen LogP contribution >= 0.6 is 28.1 Å². The molecule has 104 valence electrons. The summed E-state index contributed by atoms with van der Waals surface area (Å²) in [5.74, 6) is -0.260. The Bertz CT molecular complexity index is 584. The van der Waals surface area contributed by atoms with Gasteiger partial charge < -0.3 is 10.2 Å². The molecule has 0 aliphatic carbocycles. The minimum absolute atomic E-state index is 0.260. The smallest absolute Gasteiger partial charge is 0.173 e. The minimum atomic E-state index is -0.260. The highest BCUT2D eigenvalue weighted by molar-refractivity contribution is 9.10. The molecule has 0 radical (unpaired) electrons. The van der Waals surface area contributed by atoms with Crippen LogP contribution < -0.4 is 5.32 Å². The lowest BCUT2D eigenvalue weighted by molar-refractivity contribution is 0.508. The molecule has 1 N–H and O–H groups in total. The summed E-state index contributed by atoms with van der Waals surface area (Å²) in [7, 11) is 1.92. The molecular weight excluding hydrogens is 339 g/mol. The number of nitrogens with zero attached hydrogens (tertiary/aromatic N) is 1. The van der Waals surface area contributed by atoms with Gasteiger partial charge in [-0.2, -0.15) is 0 Å². The Balaban J connectivity index is 1.94. The molecule has 0 amide bonds. The molecule has 2 nitrogen and oxygen atoms in total. The second-order valence-corrected chi connectivity index (χ2v) is 5.72. The Morgan fingerprint density at radius 1 is 1.15 bits per heavy atom. The van der Waals surface area contributed by atoms with Crippen molar-refractivity contribution in [2.45, 2.75) is 6.54 Å². The summed E-state index contributed by atoms with van der Waals surface area (Å²) in [6.45, 7) is 0.709. The molecule has 0 aliphatic heterocycles. The van der Waals surface area contributed by atoms with Crippen LogP contribution in [-0.2, 0) is 6.54 Å². The molecule has 0 saturated carbocycles. The second-order valence-electron chi connectivity index (χ2n) is 4.42. The van der Waals surface area contributed by atoms with Gasteiger partial charge in [0.05, 0.1) is 0 Å². The summed E-state index contributed by atoms with van der Waals surface area (Å²) in [6, 6.07) is 14.2. The fraction of sp³-hybridized carbons (Fsp3) is 0.133. The van der Waals surface area contributed by atoms with Crippen molar-refractivity contribution >= 4 is 38.9 Å². The average Bonchev–Trinajstić information content (AvgIpc) is 2.44. The van der Waals surface area contributed by atoms with Gasteiger partial charge in [-0.3, -0.25) is 0 Å². The van der Waals surface area contributed by atoms with E-state index in [2.05, 4.69) is 21.2 Å². The molecule has 20 heavy (non-hydrogen) atoms. The Hall–Kier alpha value is -1.46. The van der Waals surface area contributed by atoms with E-state index in [-0.39, 0.29) is 5.82 Å². The van der Waals surface area contributed by atoms with Crippen molar-refractivity contribution in [1.82, 2.24) is 4.90 Å². The molecule has 0 aliphatic rings. The van der Waals surface area contributed by atoms with Crippen molar-refractivity contribution in [1.29, 1.82) is 0 Å². The number of benzene rings is 2. The van der Waals surface area contributed by atoms with Crippen molar-refractivity contribution in [3.63, 3.8) is 0 Å². The van der Waals surface area contributed by atoms with Crippen LogP contribution in [0.25, 0.3) is 0 Å². The molecule has 0 fully saturated rings. The molecule has 0 unspecified atom stereocenters. The average molecular weight is 353 g/mol. The number of nitrogens with one attached hydrogen (secondary N) is 1. The SMILES string of the molecule is CN(Cc1ccc(Br)cc1)C(=S)Nc1ccc(F)cc1. The van der Waals surface area contributed by atoms with Gasteiger partial charge in [0.1, 0.15) is 5.82 Å². The molecule has 0 spiro atoms. The molecule has 2 rings (SSSR count). The van der Waals surface area contributed by atoms with Gasteiger partial charge in [-0.05, 0) is 54.2 Å². The summed E-state index contributed by atoms with van der Waals surface area (Å²) < 4.78 is 13.9. The van der Waals surface area contributed by atoms with Gasteiger partial charge in [0, 0.05) is 23.8 Å². The molecule has 0 saturated heterocycles. The summed E-state index contributed by atoms with van der Waals surface area (Å²) in [4.78, 5) is 1.93. The van der Waals surface area contributed by atoms with Crippen molar-refractivity contribution in [3.05, 3.63) is 64.4 Å². The lowest BCUT2D eigenvalue weighted by Gasteiger charge is -2.21. The standard InChI is InChI=1S/C15H14BrFN2S/c1-19(10-11-2-4-12(16)5-3-11)15(20)18-14-8-6-13(17)7-9-14/h2-9H,10H2,1H3,(H,18,20). The number of hydrogen-bond acceptors (Lipinski definition) is 1. The van der Waals surface area contributed by atoms with Crippen LogP contribution in [0.3, 0.4) is 0 Å². The molecule has 0 aromatic heterocycles. The number of hydrogen-bond donors (Lipinski definition) is 1. The maximum absolute atomic E-state index is 12.8. The van der Waals surface area contributed by atoms with Gasteiger partial charge in [-0.1, -0.05) is 28.1 Å². The molecule has 0 atom stereocenters. The summed E-state index contributed by atoms with van der Waals surface area (Å²) in [5.41, 5.74) is 1.94. The molecular formula is C15H14BrFN2S. The Morgan fingerprint density at radius 3 is 2.35 bits per heavy atom. The molecule has 5 heteroatoms. The van der Waals surface area contributed by atoms with Crippen LogP contribution in [0.15, 0.2) is 53.0 Å². The highest BCUT2D eigenvalue weighted by Crippen LogP contribution is 2.13. The Labute approximate surface area is 131 Å². The zero-order valence-corrected chi connectivity index (χ0v) is 13.3. The first-order valence-corrected chi connectivity index (χ1v) is 7.27. The van der Waals surface area contributed by atoms with E-state index in [1.165, 1.54) is 17.7 Å².